The molecule has 0 radical (unpaired) electrons. The van der Waals surface area contributed by atoms with Crippen LogP contribution in [0.5, 0.6) is 5.75 Å². The Bertz CT molecular complexity index is 814. The summed E-state index contributed by atoms with van der Waals surface area (Å²) in [5.74, 6) is 1.52. The molecule has 0 saturated carbocycles. The summed E-state index contributed by atoms with van der Waals surface area (Å²) in [4.78, 5) is 17.1. The summed E-state index contributed by atoms with van der Waals surface area (Å²) >= 11 is 0. The van der Waals surface area contributed by atoms with E-state index in [4.69, 9.17) is 10.5 Å². The van der Waals surface area contributed by atoms with Crippen molar-refractivity contribution >= 4 is 21.6 Å². The number of amides is 2. The highest BCUT2D eigenvalue weighted by molar-refractivity contribution is 7.91. The number of rotatable bonds is 10. The van der Waals surface area contributed by atoms with Crippen LogP contribution in [-0.2, 0) is 9.84 Å². The lowest BCUT2D eigenvalue weighted by molar-refractivity contribution is 0.190. The number of sulfone groups is 1. The van der Waals surface area contributed by atoms with Crippen LogP contribution in [0, 0.1) is 11.8 Å². The van der Waals surface area contributed by atoms with Crippen molar-refractivity contribution in [1.29, 1.82) is 0 Å². The number of ether oxygens (including phenoxy) is 1. The van der Waals surface area contributed by atoms with E-state index in [0.29, 0.717) is 31.5 Å². The molecule has 1 aliphatic heterocycles. The van der Waals surface area contributed by atoms with Gasteiger partial charge >= 0.3 is 6.03 Å². The zero-order chi connectivity index (χ0) is 23.7. The molecule has 0 aliphatic carbocycles. The van der Waals surface area contributed by atoms with E-state index in [-0.39, 0.29) is 36.7 Å². The number of nitrogens with zero attached hydrogens (tertiary/aromatic N) is 2. The summed E-state index contributed by atoms with van der Waals surface area (Å²) in [7, 11) is -3.23. The second-order valence-corrected chi connectivity index (χ2v) is 11.1. The van der Waals surface area contributed by atoms with Gasteiger partial charge < -0.3 is 25.6 Å². The predicted molar refractivity (Wildman–Crippen MR) is 130 cm³/mol. The lowest BCUT2D eigenvalue weighted by Crippen LogP contribution is -2.50. The monoisotopic (exact) mass is 468 g/mol. The van der Waals surface area contributed by atoms with Crippen molar-refractivity contribution < 1.29 is 17.9 Å². The van der Waals surface area contributed by atoms with Crippen molar-refractivity contribution in [3.63, 3.8) is 0 Å². The van der Waals surface area contributed by atoms with Gasteiger partial charge in [-0.1, -0.05) is 20.8 Å². The molecule has 2 amide bonds. The Morgan fingerprint density at radius 1 is 1.19 bits per heavy atom. The maximum Gasteiger partial charge on any atom is 0.317 e. The third-order valence-corrected chi connectivity index (χ3v) is 7.86. The van der Waals surface area contributed by atoms with E-state index >= 15 is 0 Å². The van der Waals surface area contributed by atoms with Gasteiger partial charge in [0.25, 0.3) is 0 Å². The number of hydrogen-bond donors (Lipinski definition) is 2. The Morgan fingerprint density at radius 2 is 1.88 bits per heavy atom. The minimum absolute atomic E-state index is 0.0579. The Morgan fingerprint density at radius 3 is 2.47 bits per heavy atom. The largest absolute Gasteiger partial charge is 0.494 e. The van der Waals surface area contributed by atoms with E-state index in [0.717, 1.165) is 24.4 Å². The summed E-state index contributed by atoms with van der Waals surface area (Å²) in [6.45, 7) is 11.5. The summed E-state index contributed by atoms with van der Waals surface area (Å²) < 4.78 is 29.3. The lowest BCUT2D eigenvalue weighted by atomic mass is 9.88. The third kappa shape index (κ3) is 7.55. The smallest absolute Gasteiger partial charge is 0.317 e. The normalized spacial score (nSPS) is 18.4. The van der Waals surface area contributed by atoms with Gasteiger partial charge in [-0.2, -0.15) is 0 Å². The number of benzene rings is 1. The Hall–Kier alpha value is -2.00. The quantitative estimate of drug-likeness (QED) is 0.546. The van der Waals surface area contributed by atoms with Gasteiger partial charge in [0, 0.05) is 44.5 Å². The summed E-state index contributed by atoms with van der Waals surface area (Å²) in [6, 6.07) is 8.11. The fourth-order valence-corrected chi connectivity index (χ4v) is 5.00. The van der Waals surface area contributed by atoms with E-state index in [9.17, 15) is 13.2 Å². The number of hydrogen-bond acceptors (Lipinski definition) is 6. The standard InChI is InChI=1S/C23H40N4O4S/c1-5-31-21-9-7-20(8-10-21)27-14-6-13-26(17-22(27)19(4)18(2)3)23(28)25-12-16-32(29,30)15-11-24/h7-10,18-19,22H,5-6,11-17,24H2,1-4H3,(H,25,28)/t19?,22-/m1/s1. The van der Waals surface area contributed by atoms with Gasteiger partial charge in [0.15, 0.2) is 9.84 Å². The van der Waals surface area contributed by atoms with Gasteiger partial charge in [-0.25, -0.2) is 13.2 Å². The van der Waals surface area contributed by atoms with Crippen LogP contribution in [0.15, 0.2) is 24.3 Å². The average Bonchev–Trinajstić information content (AvgIpc) is 2.97. The summed E-state index contributed by atoms with van der Waals surface area (Å²) in [5.41, 5.74) is 6.47. The van der Waals surface area contributed by atoms with Crippen molar-refractivity contribution in [2.75, 3.05) is 55.7 Å². The molecular formula is C23H40N4O4S. The summed E-state index contributed by atoms with van der Waals surface area (Å²) in [6.07, 6.45) is 0.841. The molecule has 1 fully saturated rings. The predicted octanol–water partition coefficient (Wildman–Crippen LogP) is 2.34. The third-order valence-electron chi connectivity index (χ3n) is 6.18. The van der Waals surface area contributed by atoms with Crippen molar-refractivity contribution in [1.82, 2.24) is 10.2 Å². The molecule has 182 valence electrons. The SMILES string of the molecule is CCOc1ccc(N2CCCN(C(=O)NCCS(=O)(=O)CCN)C[C@@H]2C(C)C(C)C)cc1. The molecule has 2 rings (SSSR count). The molecule has 0 bridgehead atoms. The fraction of sp³-hybridized carbons (Fsp3) is 0.696. The first-order valence-corrected chi connectivity index (χ1v) is 13.4. The summed E-state index contributed by atoms with van der Waals surface area (Å²) in [5, 5.41) is 2.79. The molecule has 3 N–H and O–H groups in total. The average molecular weight is 469 g/mol. The first-order valence-electron chi connectivity index (χ1n) is 11.6. The maximum atomic E-state index is 12.9. The van der Waals surface area contributed by atoms with Crippen molar-refractivity contribution in [3.8, 4) is 5.75 Å². The molecule has 1 aliphatic rings. The van der Waals surface area contributed by atoms with Crippen LogP contribution in [0.25, 0.3) is 0 Å². The maximum absolute atomic E-state index is 12.9. The number of anilines is 1. The second kappa shape index (κ2) is 12.3. The van der Waals surface area contributed by atoms with Crippen LogP contribution >= 0.6 is 0 Å². The molecular weight excluding hydrogens is 428 g/mol. The highest BCUT2D eigenvalue weighted by Crippen LogP contribution is 2.29. The van der Waals surface area contributed by atoms with Crippen molar-refractivity contribution in [2.45, 2.75) is 40.2 Å². The second-order valence-electron chi connectivity index (χ2n) is 8.76. The van der Waals surface area contributed by atoms with Crippen LogP contribution in [-0.4, -0.2) is 76.2 Å². The zero-order valence-corrected chi connectivity index (χ0v) is 20.7. The molecule has 1 aromatic carbocycles. The number of nitrogens with one attached hydrogen (secondary N) is 1. The van der Waals surface area contributed by atoms with Crippen molar-refractivity contribution in [2.24, 2.45) is 17.6 Å². The molecule has 2 atom stereocenters. The molecule has 1 heterocycles. The molecule has 0 spiro atoms. The van der Waals surface area contributed by atoms with Gasteiger partial charge in [0.1, 0.15) is 5.75 Å². The van der Waals surface area contributed by atoms with Crippen LogP contribution in [0.4, 0.5) is 10.5 Å². The fourth-order valence-electron chi connectivity index (χ4n) is 4.02. The lowest BCUT2D eigenvalue weighted by Gasteiger charge is -2.39. The molecule has 8 nitrogen and oxygen atoms in total. The van der Waals surface area contributed by atoms with Gasteiger partial charge in [-0.05, 0) is 49.4 Å². The number of carbonyl (C=O) groups is 1. The number of nitrogens with two attached hydrogens (primary N) is 1. The number of urea groups is 1. The van der Waals surface area contributed by atoms with Gasteiger partial charge in [0.2, 0.25) is 0 Å². The topological polar surface area (TPSA) is 105 Å². The van der Waals surface area contributed by atoms with Crippen LogP contribution in [0.3, 0.4) is 0 Å². The van der Waals surface area contributed by atoms with Crippen LogP contribution < -0.4 is 20.7 Å². The highest BCUT2D eigenvalue weighted by atomic mass is 32.2. The van der Waals surface area contributed by atoms with Crippen molar-refractivity contribution in [3.05, 3.63) is 24.3 Å². The molecule has 1 unspecified atom stereocenters. The van der Waals surface area contributed by atoms with Crippen LogP contribution in [0.2, 0.25) is 0 Å². The van der Waals surface area contributed by atoms with Gasteiger partial charge in [0.05, 0.1) is 18.1 Å². The van der Waals surface area contributed by atoms with E-state index < -0.39 is 9.84 Å². The first kappa shape index (κ1) is 26.3. The molecule has 1 aromatic rings. The Kier molecular flexibility index (Phi) is 10.1. The van der Waals surface area contributed by atoms with Gasteiger partial charge in [-0.3, -0.25) is 0 Å². The number of carbonyl (C=O) groups excluding carboxylic acids is 1. The molecule has 9 heteroatoms. The van der Waals surface area contributed by atoms with Gasteiger partial charge in [-0.15, -0.1) is 0 Å². The zero-order valence-electron chi connectivity index (χ0n) is 19.9. The first-order chi connectivity index (χ1) is 15.2. The molecule has 32 heavy (non-hydrogen) atoms. The van der Waals surface area contributed by atoms with E-state index in [2.05, 4.69) is 43.1 Å². The molecule has 1 saturated heterocycles. The van der Waals surface area contributed by atoms with E-state index in [1.807, 2.05) is 24.0 Å². The molecule has 0 aromatic heterocycles. The van der Waals surface area contributed by atoms with Crippen LogP contribution in [0.1, 0.15) is 34.1 Å². The minimum Gasteiger partial charge on any atom is -0.494 e. The van der Waals surface area contributed by atoms with E-state index in [1.54, 1.807) is 0 Å². The highest BCUT2D eigenvalue weighted by Gasteiger charge is 2.32. The minimum atomic E-state index is -3.23. The van der Waals surface area contributed by atoms with E-state index in [1.165, 1.54) is 0 Å². The Balaban J connectivity index is 2.12. The Labute approximate surface area is 193 Å².